The molecule has 2 rings (SSSR count). The van der Waals surface area contributed by atoms with E-state index < -0.39 is 0 Å². The van der Waals surface area contributed by atoms with Crippen molar-refractivity contribution in [3.05, 3.63) is 59.2 Å². The van der Waals surface area contributed by atoms with E-state index in [1.165, 1.54) is 16.8 Å². The number of anilines is 2. The minimum absolute atomic E-state index is 0.0282. The van der Waals surface area contributed by atoms with Gasteiger partial charge in [0.25, 0.3) is 0 Å². The van der Waals surface area contributed by atoms with Crippen LogP contribution >= 0.6 is 0 Å². The Balaban J connectivity index is 1.96. The van der Waals surface area contributed by atoms with Crippen LogP contribution in [0.4, 0.5) is 11.4 Å². The van der Waals surface area contributed by atoms with E-state index in [0.717, 1.165) is 24.3 Å². The molecule has 0 aliphatic carbocycles. The second-order valence-corrected chi connectivity index (χ2v) is 6.66. The number of hydrogen-bond acceptors (Lipinski definition) is 3. The Kier molecular flexibility index (Phi) is 6.59. The zero-order valence-electron chi connectivity index (χ0n) is 16.0. The summed E-state index contributed by atoms with van der Waals surface area (Å²) in [4.78, 5) is 16.6. The molecule has 0 unspecified atom stereocenters. The Bertz CT molecular complexity index is 708. The zero-order chi connectivity index (χ0) is 18.4. The van der Waals surface area contributed by atoms with Crippen LogP contribution in [0.5, 0.6) is 0 Å². The van der Waals surface area contributed by atoms with E-state index in [4.69, 9.17) is 0 Å². The number of likely N-dealkylation sites (N-methyl/N-ethyl adjacent to an activating group) is 1. The highest BCUT2D eigenvalue weighted by Crippen LogP contribution is 2.18. The van der Waals surface area contributed by atoms with E-state index in [2.05, 4.69) is 59.3 Å². The minimum atomic E-state index is 0.0282. The summed E-state index contributed by atoms with van der Waals surface area (Å²) in [5.74, 6) is 0.0282. The van der Waals surface area contributed by atoms with Gasteiger partial charge in [0, 0.05) is 32.0 Å². The second kappa shape index (κ2) is 8.67. The van der Waals surface area contributed by atoms with Gasteiger partial charge in [-0.05, 0) is 55.3 Å². The molecule has 0 aliphatic heterocycles. The van der Waals surface area contributed by atoms with Crippen LogP contribution in [0.2, 0.25) is 0 Å². The SMILES string of the molecule is CCN(CC(=O)Nc1cccc(C)c1C)Cc1ccc(N(C)C)cc1. The molecule has 2 aromatic carbocycles. The van der Waals surface area contributed by atoms with Gasteiger partial charge in [-0.1, -0.05) is 31.2 Å². The molecule has 4 heteroatoms. The van der Waals surface area contributed by atoms with Crippen molar-refractivity contribution in [2.24, 2.45) is 0 Å². The molecule has 0 fully saturated rings. The van der Waals surface area contributed by atoms with Crippen molar-refractivity contribution in [1.82, 2.24) is 4.90 Å². The van der Waals surface area contributed by atoms with E-state index in [9.17, 15) is 4.79 Å². The molecule has 1 N–H and O–H groups in total. The van der Waals surface area contributed by atoms with Crippen LogP contribution in [0.25, 0.3) is 0 Å². The molecule has 0 spiro atoms. The molecule has 0 saturated heterocycles. The Morgan fingerprint density at radius 1 is 1.04 bits per heavy atom. The molecule has 0 aliphatic rings. The summed E-state index contributed by atoms with van der Waals surface area (Å²) >= 11 is 0. The molecule has 2 aromatic rings. The van der Waals surface area contributed by atoms with Crippen LogP contribution in [0, 0.1) is 13.8 Å². The van der Waals surface area contributed by atoms with Crippen LogP contribution in [0.15, 0.2) is 42.5 Å². The zero-order valence-corrected chi connectivity index (χ0v) is 16.0. The number of amides is 1. The first-order valence-electron chi connectivity index (χ1n) is 8.75. The van der Waals surface area contributed by atoms with E-state index in [1.807, 2.05) is 33.2 Å². The Labute approximate surface area is 151 Å². The summed E-state index contributed by atoms with van der Waals surface area (Å²) in [5.41, 5.74) is 5.60. The summed E-state index contributed by atoms with van der Waals surface area (Å²) in [6.07, 6.45) is 0. The molecule has 0 atom stereocenters. The van der Waals surface area contributed by atoms with Gasteiger partial charge in [-0.25, -0.2) is 0 Å². The second-order valence-electron chi connectivity index (χ2n) is 6.66. The van der Waals surface area contributed by atoms with Gasteiger partial charge in [-0.2, -0.15) is 0 Å². The van der Waals surface area contributed by atoms with Gasteiger partial charge in [0.15, 0.2) is 0 Å². The van der Waals surface area contributed by atoms with Crippen LogP contribution in [-0.2, 0) is 11.3 Å². The van der Waals surface area contributed by atoms with Gasteiger partial charge in [0.05, 0.1) is 6.54 Å². The number of carbonyl (C=O) groups excluding carboxylic acids is 1. The number of benzene rings is 2. The van der Waals surface area contributed by atoms with Gasteiger partial charge >= 0.3 is 0 Å². The fourth-order valence-corrected chi connectivity index (χ4v) is 2.72. The van der Waals surface area contributed by atoms with Gasteiger partial charge in [-0.15, -0.1) is 0 Å². The number of carbonyl (C=O) groups is 1. The van der Waals surface area contributed by atoms with E-state index in [1.54, 1.807) is 0 Å². The van der Waals surface area contributed by atoms with Gasteiger partial charge in [0.2, 0.25) is 5.91 Å². The molecule has 0 radical (unpaired) electrons. The maximum atomic E-state index is 12.4. The lowest BCUT2D eigenvalue weighted by molar-refractivity contribution is -0.117. The number of nitrogens with zero attached hydrogens (tertiary/aromatic N) is 2. The number of hydrogen-bond donors (Lipinski definition) is 1. The van der Waals surface area contributed by atoms with Gasteiger partial charge in [0.1, 0.15) is 0 Å². The average Bonchev–Trinajstić information content (AvgIpc) is 2.58. The fraction of sp³-hybridized carbons (Fsp3) is 0.381. The van der Waals surface area contributed by atoms with Gasteiger partial charge < -0.3 is 10.2 Å². The number of aryl methyl sites for hydroxylation is 1. The third-order valence-corrected chi connectivity index (χ3v) is 4.55. The number of rotatable bonds is 7. The lowest BCUT2D eigenvalue weighted by atomic mass is 10.1. The molecule has 0 saturated carbocycles. The van der Waals surface area contributed by atoms with Crippen LogP contribution in [-0.4, -0.2) is 38.0 Å². The maximum absolute atomic E-state index is 12.4. The van der Waals surface area contributed by atoms with Crippen molar-refractivity contribution >= 4 is 17.3 Å². The fourth-order valence-electron chi connectivity index (χ4n) is 2.72. The third kappa shape index (κ3) is 5.33. The van der Waals surface area contributed by atoms with Crippen molar-refractivity contribution in [2.75, 3.05) is 37.4 Å². The summed E-state index contributed by atoms with van der Waals surface area (Å²) in [6, 6.07) is 14.5. The van der Waals surface area contributed by atoms with E-state index in [0.29, 0.717) is 6.54 Å². The highest BCUT2D eigenvalue weighted by Gasteiger charge is 2.11. The van der Waals surface area contributed by atoms with Crippen molar-refractivity contribution < 1.29 is 4.79 Å². The largest absolute Gasteiger partial charge is 0.378 e. The predicted octanol–water partition coefficient (Wildman–Crippen LogP) is 3.83. The maximum Gasteiger partial charge on any atom is 0.238 e. The molecular formula is C21H29N3O. The summed E-state index contributed by atoms with van der Waals surface area (Å²) < 4.78 is 0. The van der Waals surface area contributed by atoms with E-state index in [-0.39, 0.29) is 5.91 Å². The normalized spacial score (nSPS) is 10.8. The first kappa shape index (κ1) is 19.0. The smallest absolute Gasteiger partial charge is 0.238 e. The highest BCUT2D eigenvalue weighted by molar-refractivity contribution is 5.93. The Morgan fingerprint density at radius 2 is 1.72 bits per heavy atom. The van der Waals surface area contributed by atoms with Crippen molar-refractivity contribution in [2.45, 2.75) is 27.3 Å². The monoisotopic (exact) mass is 339 g/mol. The van der Waals surface area contributed by atoms with Crippen molar-refractivity contribution in [1.29, 1.82) is 0 Å². The standard InChI is InChI=1S/C21H29N3O/c1-6-24(14-18-10-12-19(13-11-18)23(4)5)15-21(25)22-20-9-7-8-16(2)17(20)3/h7-13H,6,14-15H2,1-5H3,(H,22,25). The van der Waals surface area contributed by atoms with Crippen LogP contribution in [0.1, 0.15) is 23.6 Å². The first-order chi connectivity index (χ1) is 11.9. The van der Waals surface area contributed by atoms with E-state index >= 15 is 0 Å². The lowest BCUT2D eigenvalue weighted by Gasteiger charge is -2.21. The van der Waals surface area contributed by atoms with Gasteiger partial charge in [-0.3, -0.25) is 9.69 Å². The first-order valence-corrected chi connectivity index (χ1v) is 8.75. The molecular weight excluding hydrogens is 310 g/mol. The Morgan fingerprint density at radius 3 is 2.32 bits per heavy atom. The minimum Gasteiger partial charge on any atom is -0.378 e. The van der Waals surface area contributed by atoms with Crippen molar-refractivity contribution in [3.63, 3.8) is 0 Å². The average molecular weight is 339 g/mol. The van der Waals surface area contributed by atoms with Crippen LogP contribution in [0.3, 0.4) is 0 Å². The number of nitrogens with one attached hydrogen (secondary N) is 1. The molecule has 0 bridgehead atoms. The topological polar surface area (TPSA) is 35.6 Å². The molecule has 0 aromatic heterocycles. The predicted molar refractivity (Wildman–Crippen MR) is 106 cm³/mol. The summed E-state index contributed by atoms with van der Waals surface area (Å²) in [7, 11) is 4.07. The lowest BCUT2D eigenvalue weighted by Crippen LogP contribution is -2.33. The molecule has 25 heavy (non-hydrogen) atoms. The molecule has 134 valence electrons. The molecule has 0 heterocycles. The third-order valence-electron chi connectivity index (χ3n) is 4.55. The quantitative estimate of drug-likeness (QED) is 0.833. The Hall–Kier alpha value is -2.33. The van der Waals surface area contributed by atoms with Crippen LogP contribution < -0.4 is 10.2 Å². The highest BCUT2D eigenvalue weighted by atomic mass is 16.2. The molecule has 4 nitrogen and oxygen atoms in total. The summed E-state index contributed by atoms with van der Waals surface area (Å²) in [5, 5.41) is 3.04. The summed E-state index contributed by atoms with van der Waals surface area (Å²) in [6.45, 7) is 8.16. The van der Waals surface area contributed by atoms with Crippen molar-refractivity contribution in [3.8, 4) is 0 Å². The molecule has 1 amide bonds.